The number of aromatic nitrogens is 2. The number of nitrogens with one attached hydrogen (secondary N) is 1. The predicted octanol–water partition coefficient (Wildman–Crippen LogP) is 0.635. The van der Waals surface area contributed by atoms with Gasteiger partial charge in [0.1, 0.15) is 5.69 Å². The van der Waals surface area contributed by atoms with Crippen LogP contribution >= 0.6 is 0 Å². The van der Waals surface area contributed by atoms with Crippen LogP contribution in [0.2, 0.25) is 0 Å². The molecule has 0 atom stereocenters. The number of amides is 1. The van der Waals surface area contributed by atoms with Gasteiger partial charge in [0.25, 0.3) is 11.5 Å². The Kier molecular flexibility index (Phi) is 3.04. The summed E-state index contributed by atoms with van der Waals surface area (Å²) in [5.41, 5.74) is 0.764. The lowest BCUT2D eigenvalue weighted by atomic mass is 10.3. The van der Waals surface area contributed by atoms with Gasteiger partial charge in [-0.05, 0) is 12.1 Å². The monoisotopic (exact) mass is 233 g/mol. The Balaban J connectivity index is 2.09. The van der Waals surface area contributed by atoms with E-state index >= 15 is 0 Å². The van der Waals surface area contributed by atoms with Gasteiger partial charge in [-0.3, -0.25) is 9.59 Å². The van der Waals surface area contributed by atoms with Crippen LogP contribution in [0.25, 0.3) is 0 Å². The molecule has 17 heavy (non-hydrogen) atoms. The fourth-order valence-electron chi connectivity index (χ4n) is 1.39. The summed E-state index contributed by atoms with van der Waals surface area (Å²) in [6, 6.07) is 4.45. The molecule has 0 radical (unpaired) electrons. The highest BCUT2D eigenvalue weighted by molar-refractivity contribution is 5.91. The van der Waals surface area contributed by atoms with Crippen molar-refractivity contribution in [2.75, 3.05) is 7.05 Å². The van der Waals surface area contributed by atoms with Gasteiger partial charge in [0, 0.05) is 25.2 Å². The summed E-state index contributed by atoms with van der Waals surface area (Å²) in [6.45, 7) is 0.427. The normalized spacial score (nSPS) is 10.2. The predicted molar refractivity (Wildman–Crippen MR) is 59.4 cm³/mol. The summed E-state index contributed by atoms with van der Waals surface area (Å²) in [5.74, 6) is -0.262. The zero-order valence-electron chi connectivity index (χ0n) is 9.21. The third kappa shape index (κ3) is 2.60. The fourth-order valence-corrected chi connectivity index (χ4v) is 1.39. The van der Waals surface area contributed by atoms with Gasteiger partial charge in [-0.1, -0.05) is 0 Å². The summed E-state index contributed by atoms with van der Waals surface area (Å²) < 4.78 is 4.92. The van der Waals surface area contributed by atoms with E-state index in [1.54, 1.807) is 25.6 Å². The van der Waals surface area contributed by atoms with Gasteiger partial charge < -0.3 is 9.32 Å². The number of hydrogen-bond acceptors (Lipinski definition) is 4. The van der Waals surface area contributed by atoms with E-state index in [4.69, 9.17) is 4.42 Å². The number of aromatic amines is 1. The molecule has 0 bridgehead atoms. The first-order chi connectivity index (χ1) is 8.16. The minimum atomic E-state index is -0.334. The van der Waals surface area contributed by atoms with Crippen molar-refractivity contribution in [1.82, 2.24) is 15.1 Å². The molecule has 2 aromatic rings. The van der Waals surface area contributed by atoms with Crippen LogP contribution in [0.15, 0.2) is 39.9 Å². The molecule has 6 nitrogen and oxygen atoms in total. The summed E-state index contributed by atoms with van der Waals surface area (Å²) in [6.07, 6.45) is 3.12. The number of carbonyl (C=O) groups excluding carboxylic acids is 1. The van der Waals surface area contributed by atoms with Crippen LogP contribution in [-0.4, -0.2) is 28.1 Å². The maximum Gasteiger partial charge on any atom is 0.274 e. The van der Waals surface area contributed by atoms with Crippen molar-refractivity contribution in [2.24, 2.45) is 0 Å². The van der Waals surface area contributed by atoms with Gasteiger partial charge in [-0.15, -0.1) is 0 Å². The Morgan fingerprint density at radius 2 is 2.29 bits per heavy atom. The third-order valence-electron chi connectivity index (χ3n) is 2.24. The molecule has 0 aliphatic heterocycles. The summed E-state index contributed by atoms with van der Waals surface area (Å²) in [5, 5.41) is 5.90. The van der Waals surface area contributed by atoms with Crippen LogP contribution < -0.4 is 5.56 Å². The first kappa shape index (κ1) is 11.1. The Bertz CT molecular complexity index is 539. The molecule has 2 rings (SSSR count). The molecule has 0 fully saturated rings. The van der Waals surface area contributed by atoms with E-state index in [0.29, 0.717) is 6.54 Å². The average Bonchev–Trinajstić information content (AvgIpc) is 2.82. The molecular formula is C11H11N3O3. The molecule has 88 valence electrons. The molecule has 0 unspecified atom stereocenters. The van der Waals surface area contributed by atoms with Crippen molar-refractivity contribution < 1.29 is 9.21 Å². The number of hydrogen-bond donors (Lipinski definition) is 1. The van der Waals surface area contributed by atoms with E-state index in [0.717, 1.165) is 5.56 Å². The molecule has 0 aliphatic carbocycles. The van der Waals surface area contributed by atoms with Crippen LogP contribution in [0.1, 0.15) is 16.1 Å². The molecular weight excluding hydrogens is 222 g/mol. The second-order valence-corrected chi connectivity index (χ2v) is 3.60. The highest BCUT2D eigenvalue weighted by Crippen LogP contribution is 2.06. The second-order valence-electron chi connectivity index (χ2n) is 3.60. The van der Waals surface area contributed by atoms with Gasteiger partial charge in [0.15, 0.2) is 0 Å². The minimum Gasteiger partial charge on any atom is -0.472 e. The molecule has 0 saturated heterocycles. The minimum absolute atomic E-state index is 0.204. The first-order valence-electron chi connectivity index (χ1n) is 4.99. The molecule has 1 amide bonds. The van der Waals surface area contributed by atoms with Crippen LogP contribution in [-0.2, 0) is 6.54 Å². The highest BCUT2D eigenvalue weighted by Gasteiger charge is 2.13. The third-order valence-corrected chi connectivity index (χ3v) is 2.24. The van der Waals surface area contributed by atoms with Gasteiger partial charge in [0.2, 0.25) is 0 Å². The molecule has 6 heteroatoms. The first-order valence-corrected chi connectivity index (χ1v) is 4.99. The van der Waals surface area contributed by atoms with E-state index in [1.807, 2.05) is 0 Å². The molecule has 0 spiro atoms. The standard InChI is InChI=1S/C11H11N3O3/c1-14(6-8-4-5-17-7-8)11(16)9-2-3-10(15)13-12-9/h2-5,7H,6H2,1H3,(H,13,15). The Morgan fingerprint density at radius 3 is 2.88 bits per heavy atom. The molecule has 0 aromatic carbocycles. The van der Waals surface area contributed by atoms with Crippen LogP contribution in [0.3, 0.4) is 0 Å². The van der Waals surface area contributed by atoms with Gasteiger partial charge in [0.05, 0.1) is 12.5 Å². The molecule has 1 N–H and O–H groups in total. The van der Waals surface area contributed by atoms with Crippen molar-refractivity contribution in [3.8, 4) is 0 Å². The summed E-state index contributed by atoms with van der Waals surface area (Å²) in [7, 11) is 1.65. The summed E-state index contributed by atoms with van der Waals surface area (Å²) in [4.78, 5) is 24.2. The number of rotatable bonds is 3. The average molecular weight is 233 g/mol. The lowest BCUT2D eigenvalue weighted by molar-refractivity contribution is 0.0778. The molecule has 0 saturated carbocycles. The lowest BCUT2D eigenvalue weighted by Crippen LogP contribution is -2.27. The van der Waals surface area contributed by atoms with Crippen molar-refractivity contribution in [3.63, 3.8) is 0 Å². The lowest BCUT2D eigenvalue weighted by Gasteiger charge is -2.14. The zero-order chi connectivity index (χ0) is 12.3. The summed E-state index contributed by atoms with van der Waals surface area (Å²) >= 11 is 0. The maximum atomic E-state index is 11.9. The van der Waals surface area contributed by atoms with E-state index in [-0.39, 0.29) is 17.2 Å². The number of carbonyl (C=O) groups is 1. The largest absolute Gasteiger partial charge is 0.472 e. The Morgan fingerprint density at radius 1 is 1.47 bits per heavy atom. The van der Waals surface area contributed by atoms with E-state index < -0.39 is 0 Å². The van der Waals surface area contributed by atoms with Gasteiger partial charge in [-0.2, -0.15) is 5.10 Å². The maximum absolute atomic E-state index is 11.9. The molecule has 2 heterocycles. The quantitative estimate of drug-likeness (QED) is 0.843. The van der Waals surface area contributed by atoms with Crippen molar-refractivity contribution in [3.05, 3.63) is 52.3 Å². The van der Waals surface area contributed by atoms with Crippen LogP contribution in [0.5, 0.6) is 0 Å². The number of nitrogens with zero attached hydrogens (tertiary/aromatic N) is 2. The second kappa shape index (κ2) is 4.65. The van der Waals surface area contributed by atoms with E-state index in [9.17, 15) is 9.59 Å². The smallest absolute Gasteiger partial charge is 0.274 e. The number of H-pyrrole nitrogens is 1. The fraction of sp³-hybridized carbons (Fsp3) is 0.182. The van der Waals surface area contributed by atoms with Gasteiger partial charge >= 0.3 is 0 Å². The number of furan rings is 1. The highest BCUT2D eigenvalue weighted by atomic mass is 16.3. The SMILES string of the molecule is CN(Cc1ccoc1)C(=O)c1ccc(=O)[nH]n1. The van der Waals surface area contributed by atoms with Crippen molar-refractivity contribution in [2.45, 2.75) is 6.54 Å². The van der Waals surface area contributed by atoms with Gasteiger partial charge in [-0.25, -0.2) is 5.10 Å². The van der Waals surface area contributed by atoms with Crippen molar-refractivity contribution >= 4 is 5.91 Å². The van der Waals surface area contributed by atoms with Crippen molar-refractivity contribution in [1.29, 1.82) is 0 Å². The Labute approximate surface area is 96.9 Å². The van der Waals surface area contributed by atoms with E-state index in [1.165, 1.54) is 17.0 Å². The molecule has 0 aliphatic rings. The van der Waals surface area contributed by atoms with E-state index in [2.05, 4.69) is 10.2 Å². The zero-order valence-corrected chi connectivity index (χ0v) is 9.21. The molecule has 2 aromatic heterocycles. The van der Waals surface area contributed by atoms with Crippen LogP contribution in [0, 0.1) is 0 Å². The van der Waals surface area contributed by atoms with Crippen LogP contribution in [0.4, 0.5) is 0 Å². The topological polar surface area (TPSA) is 79.2 Å². The Hall–Kier alpha value is -2.37.